The fourth-order valence-corrected chi connectivity index (χ4v) is 2.47. The molecule has 1 heterocycles. The van der Waals surface area contributed by atoms with Gasteiger partial charge in [-0.15, -0.1) is 0 Å². The van der Waals surface area contributed by atoms with Crippen LogP contribution in [0.1, 0.15) is 30.4 Å². The Morgan fingerprint density at radius 2 is 1.79 bits per heavy atom. The van der Waals surface area contributed by atoms with Gasteiger partial charge in [0.1, 0.15) is 0 Å². The van der Waals surface area contributed by atoms with Crippen molar-refractivity contribution < 1.29 is 13.2 Å². The molecule has 0 saturated carbocycles. The number of nitrogens with one attached hydrogen (secondary N) is 1. The van der Waals surface area contributed by atoms with Crippen molar-refractivity contribution in [2.75, 3.05) is 25.5 Å². The molecule has 2 rings (SSSR count). The highest BCUT2D eigenvalue weighted by Gasteiger charge is 2.31. The minimum Gasteiger partial charge on any atom is -0.388 e. The van der Waals surface area contributed by atoms with E-state index in [1.165, 1.54) is 12.5 Å². The van der Waals surface area contributed by atoms with Crippen LogP contribution in [-0.4, -0.2) is 25.0 Å². The van der Waals surface area contributed by atoms with Crippen LogP contribution in [0.4, 0.5) is 18.9 Å². The maximum atomic E-state index is 12.8. The number of benzene rings is 1. The van der Waals surface area contributed by atoms with Crippen molar-refractivity contribution in [3.63, 3.8) is 0 Å². The number of hydrogen-bond donors (Lipinski definition) is 1. The monoisotopic (exact) mass is 272 g/mol. The molecule has 0 aliphatic carbocycles. The summed E-state index contributed by atoms with van der Waals surface area (Å²) in [6, 6.07) is 4.21. The molecule has 0 bridgehead atoms. The summed E-state index contributed by atoms with van der Waals surface area (Å²) in [7, 11) is 1.64. The van der Waals surface area contributed by atoms with Gasteiger partial charge in [0.15, 0.2) is 0 Å². The van der Waals surface area contributed by atoms with E-state index >= 15 is 0 Å². The average molecular weight is 272 g/mol. The molecule has 1 aliphatic rings. The summed E-state index contributed by atoms with van der Waals surface area (Å²) in [4.78, 5) is 2.22. The third-order valence-electron chi connectivity index (χ3n) is 3.46. The summed E-state index contributed by atoms with van der Waals surface area (Å²) in [6.07, 6.45) is -0.792. The first-order valence-corrected chi connectivity index (χ1v) is 6.60. The molecule has 0 unspecified atom stereocenters. The fraction of sp³-hybridized carbons (Fsp3) is 0.571. The number of hydrogen-bond acceptors (Lipinski definition) is 2. The van der Waals surface area contributed by atoms with Crippen LogP contribution in [0, 0.1) is 0 Å². The van der Waals surface area contributed by atoms with Crippen molar-refractivity contribution in [1.82, 2.24) is 4.90 Å². The average Bonchev–Trinajstić information content (AvgIpc) is 2.38. The van der Waals surface area contributed by atoms with Crippen molar-refractivity contribution in [2.45, 2.75) is 32.0 Å². The van der Waals surface area contributed by atoms with Crippen LogP contribution in [0.3, 0.4) is 0 Å². The maximum Gasteiger partial charge on any atom is 0.416 e. The Morgan fingerprint density at radius 1 is 1.11 bits per heavy atom. The number of piperidine rings is 1. The van der Waals surface area contributed by atoms with Gasteiger partial charge in [0.2, 0.25) is 0 Å². The first-order valence-electron chi connectivity index (χ1n) is 6.60. The lowest BCUT2D eigenvalue weighted by molar-refractivity contribution is -0.137. The summed E-state index contributed by atoms with van der Waals surface area (Å²) >= 11 is 0. The number of alkyl halides is 3. The minimum absolute atomic E-state index is 0.516. The topological polar surface area (TPSA) is 15.3 Å². The minimum atomic E-state index is -4.29. The van der Waals surface area contributed by atoms with Crippen LogP contribution < -0.4 is 5.32 Å². The standard InChI is InChI=1S/C14H19F3N2/c1-18-13-8-11(7-12(9-13)14(15,16)17)10-19-5-3-2-4-6-19/h7-9,18H,2-6,10H2,1H3. The van der Waals surface area contributed by atoms with Gasteiger partial charge >= 0.3 is 6.18 Å². The maximum absolute atomic E-state index is 12.8. The van der Waals surface area contributed by atoms with Crippen molar-refractivity contribution in [2.24, 2.45) is 0 Å². The highest BCUT2D eigenvalue weighted by atomic mass is 19.4. The summed E-state index contributed by atoms with van der Waals surface area (Å²) < 4.78 is 38.5. The second-order valence-electron chi connectivity index (χ2n) is 5.00. The van der Waals surface area contributed by atoms with E-state index in [2.05, 4.69) is 10.2 Å². The first-order chi connectivity index (χ1) is 8.99. The predicted octanol–water partition coefficient (Wildman–Crippen LogP) is 3.73. The number of likely N-dealkylation sites (tertiary alicyclic amines) is 1. The lowest BCUT2D eigenvalue weighted by Gasteiger charge is -2.26. The number of halogens is 3. The van der Waals surface area contributed by atoms with Crippen LogP contribution in [0.5, 0.6) is 0 Å². The van der Waals surface area contributed by atoms with Crippen LogP contribution in [0.2, 0.25) is 0 Å². The van der Waals surface area contributed by atoms with Crippen molar-refractivity contribution >= 4 is 5.69 Å². The molecule has 0 spiro atoms. The second-order valence-corrected chi connectivity index (χ2v) is 5.00. The first kappa shape index (κ1) is 14.2. The number of rotatable bonds is 3. The van der Waals surface area contributed by atoms with Crippen molar-refractivity contribution in [1.29, 1.82) is 0 Å². The van der Waals surface area contributed by atoms with Crippen molar-refractivity contribution in [3.8, 4) is 0 Å². The zero-order valence-electron chi connectivity index (χ0n) is 11.1. The Balaban J connectivity index is 2.19. The smallest absolute Gasteiger partial charge is 0.388 e. The van der Waals surface area contributed by atoms with E-state index in [9.17, 15) is 13.2 Å². The van der Waals surface area contributed by atoms with E-state index in [0.29, 0.717) is 12.2 Å². The molecule has 1 aromatic rings. The van der Waals surface area contributed by atoms with Crippen LogP contribution >= 0.6 is 0 Å². The Bertz CT molecular complexity index is 423. The van der Waals surface area contributed by atoms with E-state index in [0.717, 1.165) is 37.6 Å². The molecule has 0 aromatic heterocycles. The summed E-state index contributed by atoms with van der Waals surface area (Å²) in [6.45, 7) is 2.55. The molecular formula is C14H19F3N2. The summed E-state index contributed by atoms with van der Waals surface area (Å²) in [5.41, 5.74) is 0.661. The van der Waals surface area contributed by atoms with Crippen LogP contribution in [-0.2, 0) is 12.7 Å². The van der Waals surface area contributed by atoms with Gasteiger partial charge in [-0.1, -0.05) is 6.42 Å². The molecule has 1 aliphatic heterocycles. The van der Waals surface area contributed by atoms with Crippen LogP contribution in [0.25, 0.3) is 0 Å². The molecule has 2 nitrogen and oxygen atoms in total. The van der Waals surface area contributed by atoms with E-state index in [-0.39, 0.29) is 0 Å². The van der Waals surface area contributed by atoms with E-state index in [1.807, 2.05) is 0 Å². The Morgan fingerprint density at radius 3 is 2.37 bits per heavy atom. The van der Waals surface area contributed by atoms with Gasteiger partial charge < -0.3 is 5.32 Å². The Labute approximate surface area is 111 Å². The summed E-state index contributed by atoms with van der Waals surface area (Å²) in [5.74, 6) is 0. The van der Waals surface area contributed by atoms with E-state index in [4.69, 9.17) is 0 Å². The molecule has 1 fully saturated rings. The molecule has 0 amide bonds. The molecule has 106 valence electrons. The van der Waals surface area contributed by atoms with E-state index in [1.54, 1.807) is 13.1 Å². The molecule has 1 N–H and O–H groups in total. The van der Waals surface area contributed by atoms with Crippen LogP contribution in [0.15, 0.2) is 18.2 Å². The quantitative estimate of drug-likeness (QED) is 0.902. The molecule has 1 saturated heterocycles. The number of anilines is 1. The Hall–Kier alpha value is -1.23. The Kier molecular flexibility index (Phi) is 4.34. The third kappa shape index (κ3) is 3.86. The predicted molar refractivity (Wildman–Crippen MR) is 70.1 cm³/mol. The lowest BCUT2D eigenvalue weighted by Crippen LogP contribution is -2.29. The van der Waals surface area contributed by atoms with Gasteiger partial charge in [-0.2, -0.15) is 13.2 Å². The van der Waals surface area contributed by atoms with Gasteiger partial charge in [0, 0.05) is 19.3 Å². The molecule has 19 heavy (non-hydrogen) atoms. The molecular weight excluding hydrogens is 253 g/mol. The van der Waals surface area contributed by atoms with E-state index < -0.39 is 11.7 Å². The largest absolute Gasteiger partial charge is 0.416 e. The zero-order chi connectivity index (χ0) is 13.9. The highest BCUT2D eigenvalue weighted by molar-refractivity contribution is 5.49. The lowest BCUT2D eigenvalue weighted by atomic mass is 10.1. The second kappa shape index (κ2) is 5.82. The third-order valence-corrected chi connectivity index (χ3v) is 3.46. The van der Waals surface area contributed by atoms with Gasteiger partial charge in [-0.05, 0) is 49.7 Å². The van der Waals surface area contributed by atoms with Crippen molar-refractivity contribution in [3.05, 3.63) is 29.3 Å². The molecule has 0 radical (unpaired) electrons. The highest BCUT2D eigenvalue weighted by Crippen LogP contribution is 2.32. The molecule has 0 atom stereocenters. The molecule has 1 aromatic carbocycles. The fourth-order valence-electron chi connectivity index (χ4n) is 2.47. The molecule has 5 heteroatoms. The zero-order valence-corrected chi connectivity index (χ0v) is 11.1. The van der Waals surface area contributed by atoms with Gasteiger partial charge in [0.25, 0.3) is 0 Å². The van der Waals surface area contributed by atoms with Gasteiger partial charge in [0.05, 0.1) is 5.56 Å². The number of nitrogens with zero attached hydrogens (tertiary/aromatic N) is 1. The van der Waals surface area contributed by atoms with Gasteiger partial charge in [-0.25, -0.2) is 0 Å². The summed E-state index contributed by atoms with van der Waals surface area (Å²) in [5, 5.41) is 2.80. The normalized spacial score (nSPS) is 17.5. The SMILES string of the molecule is CNc1cc(CN2CCCCC2)cc(C(F)(F)F)c1. The van der Waals surface area contributed by atoms with Gasteiger partial charge in [-0.3, -0.25) is 4.90 Å².